The highest BCUT2D eigenvalue weighted by Crippen LogP contribution is 2.41. The van der Waals surface area contributed by atoms with Gasteiger partial charge in [0.1, 0.15) is 5.69 Å². The van der Waals surface area contributed by atoms with E-state index in [9.17, 15) is 10.1 Å². The predicted octanol–water partition coefficient (Wildman–Crippen LogP) is 4.65. The SMILES string of the molecule is O=[N+]([O-])c1cc(Cl)ccc1N1CCC[C@H]1c1ccsc1. The van der Waals surface area contributed by atoms with Gasteiger partial charge in [0.15, 0.2) is 0 Å². The molecule has 6 heteroatoms. The minimum absolute atomic E-state index is 0.0830. The summed E-state index contributed by atoms with van der Waals surface area (Å²) in [6.07, 6.45) is 2.07. The summed E-state index contributed by atoms with van der Waals surface area (Å²) in [4.78, 5) is 13.0. The molecule has 1 fully saturated rings. The number of anilines is 1. The summed E-state index contributed by atoms with van der Waals surface area (Å²) in [6, 6.07) is 7.22. The van der Waals surface area contributed by atoms with Crippen molar-refractivity contribution in [1.82, 2.24) is 0 Å². The van der Waals surface area contributed by atoms with Gasteiger partial charge in [-0.25, -0.2) is 0 Å². The van der Waals surface area contributed by atoms with Crippen molar-refractivity contribution in [2.45, 2.75) is 18.9 Å². The molecular weight excluding hydrogens is 296 g/mol. The van der Waals surface area contributed by atoms with Crippen LogP contribution in [0.2, 0.25) is 5.02 Å². The zero-order valence-electron chi connectivity index (χ0n) is 10.7. The average molecular weight is 309 g/mol. The van der Waals surface area contributed by atoms with E-state index in [1.165, 1.54) is 11.6 Å². The van der Waals surface area contributed by atoms with Crippen LogP contribution in [0, 0.1) is 10.1 Å². The van der Waals surface area contributed by atoms with E-state index in [0.29, 0.717) is 10.7 Å². The number of rotatable bonds is 3. The van der Waals surface area contributed by atoms with Crippen molar-refractivity contribution in [1.29, 1.82) is 0 Å². The number of hydrogen-bond donors (Lipinski definition) is 0. The molecule has 0 amide bonds. The molecule has 4 nitrogen and oxygen atoms in total. The lowest BCUT2D eigenvalue weighted by Gasteiger charge is -2.26. The third kappa shape index (κ3) is 2.39. The van der Waals surface area contributed by atoms with Gasteiger partial charge in [0.2, 0.25) is 0 Å². The Morgan fingerprint density at radius 2 is 2.25 bits per heavy atom. The summed E-state index contributed by atoms with van der Waals surface area (Å²) in [5.41, 5.74) is 1.98. The molecular formula is C14H13ClN2O2S. The molecule has 1 aliphatic rings. The van der Waals surface area contributed by atoms with Gasteiger partial charge in [-0.3, -0.25) is 10.1 Å². The lowest BCUT2D eigenvalue weighted by atomic mass is 10.1. The van der Waals surface area contributed by atoms with Crippen molar-refractivity contribution in [3.63, 3.8) is 0 Å². The fraction of sp³-hybridized carbons (Fsp3) is 0.286. The van der Waals surface area contributed by atoms with Gasteiger partial charge >= 0.3 is 0 Å². The lowest BCUT2D eigenvalue weighted by molar-refractivity contribution is -0.384. The van der Waals surface area contributed by atoms with Crippen LogP contribution in [-0.4, -0.2) is 11.5 Å². The van der Waals surface area contributed by atoms with Gasteiger partial charge in [-0.2, -0.15) is 11.3 Å². The average Bonchev–Trinajstić information content (AvgIpc) is 3.09. The molecule has 1 saturated heterocycles. The first kappa shape index (κ1) is 13.4. The minimum atomic E-state index is -0.357. The Bertz CT molecular complexity index is 630. The van der Waals surface area contributed by atoms with Gasteiger partial charge in [-0.15, -0.1) is 0 Å². The van der Waals surface area contributed by atoms with Crippen molar-refractivity contribution in [3.05, 3.63) is 55.7 Å². The standard InChI is InChI=1S/C14H13ClN2O2S/c15-11-3-4-13(14(8-11)17(18)19)16-6-1-2-12(16)10-5-7-20-9-10/h3-5,7-9,12H,1-2,6H2/t12-/m0/s1. The van der Waals surface area contributed by atoms with Crippen LogP contribution in [0.5, 0.6) is 0 Å². The van der Waals surface area contributed by atoms with Gasteiger partial charge in [-0.1, -0.05) is 11.6 Å². The van der Waals surface area contributed by atoms with E-state index >= 15 is 0 Å². The summed E-state index contributed by atoms with van der Waals surface area (Å²) < 4.78 is 0. The Labute approximate surface area is 125 Å². The van der Waals surface area contributed by atoms with Crippen molar-refractivity contribution in [2.24, 2.45) is 0 Å². The molecule has 0 aliphatic carbocycles. The smallest absolute Gasteiger partial charge is 0.294 e. The first-order valence-electron chi connectivity index (χ1n) is 6.39. The van der Waals surface area contributed by atoms with Crippen LogP contribution in [-0.2, 0) is 0 Å². The highest BCUT2D eigenvalue weighted by Gasteiger charge is 2.31. The zero-order valence-corrected chi connectivity index (χ0v) is 12.2. The second-order valence-electron chi connectivity index (χ2n) is 4.80. The van der Waals surface area contributed by atoms with Crippen LogP contribution in [0.25, 0.3) is 0 Å². The van der Waals surface area contributed by atoms with Crippen molar-refractivity contribution in [3.8, 4) is 0 Å². The molecule has 2 aromatic rings. The molecule has 0 unspecified atom stereocenters. The molecule has 0 saturated carbocycles. The Kier molecular flexibility index (Phi) is 3.63. The predicted molar refractivity (Wildman–Crippen MR) is 81.7 cm³/mol. The summed E-state index contributed by atoms with van der Waals surface area (Å²) in [6.45, 7) is 0.836. The monoisotopic (exact) mass is 308 g/mol. The molecule has 1 aliphatic heterocycles. The summed E-state index contributed by atoms with van der Waals surface area (Å²) in [5, 5.41) is 15.8. The molecule has 2 heterocycles. The normalized spacial score (nSPS) is 18.4. The van der Waals surface area contributed by atoms with E-state index < -0.39 is 0 Å². The Morgan fingerprint density at radius 1 is 1.40 bits per heavy atom. The number of hydrogen-bond acceptors (Lipinski definition) is 4. The summed E-state index contributed by atoms with van der Waals surface area (Å²) >= 11 is 7.54. The fourth-order valence-corrected chi connectivity index (χ4v) is 3.63. The first-order valence-corrected chi connectivity index (χ1v) is 7.71. The second-order valence-corrected chi connectivity index (χ2v) is 6.01. The van der Waals surface area contributed by atoms with Crippen molar-refractivity contribution in [2.75, 3.05) is 11.4 Å². The third-order valence-corrected chi connectivity index (χ3v) is 4.56. The largest absolute Gasteiger partial charge is 0.359 e. The summed E-state index contributed by atoms with van der Waals surface area (Å²) in [7, 11) is 0. The Hall–Kier alpha value is -1.59. The molecule has 104 valence electrons. The van der Waals surface area contributed by atoms with Gasteiger partial charge in [0.05, 0.1) is 11.0 Å². The Morgan fingerprint density at radius 3 is 2.95 bits per heavy atom. The van der Waals surface area contributed by atoms with Crippen LogP contribution in [0.4, 0.5) is 11.4 Å². The van der Waals surface area contributed by atoms with E-state index in [2.05, 4.69) is 16.3 Å². The van der Waals surface area contributed by atoms with Gasteiger partial charge in [-0.05, 0) is 47.4 Å². The maximum atomic E-state index is 11.2. The molecule has 0 N–H and O–H groups in total. The van der Waals surface area contributed by atoms with Gasteiger partial charge in [0, 0.05) is 17.6 Å². The number of benzene rings is 1. The first-order chi connectivity index (χ1) is 9.66. The van der Waals surface area contributed by atoms with E-state index in [4.69, 9.17) is 11.6 Å². The van der Waals surface area contributed by atoms with E-state index in [1.807, 2.05) is 5.38 Å². The number of thiophene rings is 1. The number of nitro groups is 1. The summed E-state index contributed by atoms with van der Waals surface area (Å²) in [5.74, 6) is 0. The molecule has 3 rings (SSSR count). The molecule has 0 radical (unpaired) electrons. The number of halogens is 1. The van der Waals surface area contributed by atoms with E-state index in [0.717, 1.165) is 19.4 Å². The van der Waals surface area contributed by atoms with Crippen LogP contribution in [0.3, 0.4) is 0 Å². The van der Waals surface area contributed by atoms with Crippen LogP contribution in [0.1, 0.15) is 24.4 Å². The maximum Gasteiger partial charge on any atom is 0.294 e. The third-order valence-electron chi connectivity index (χ3n) is 3.62. The molecule has 0 bridgehead atoms. The maximum absolute atomic E-state index is 11.2. The molecule has 1 aromatic carbocycles. The minimum Gasteiger partial charge on any atom is -0.359 e. The molecule has 20 heavy (non-hydrogen) atoms. The topological polar surface area (TPSA) is 46.4 Å². The van der Waals surface area contributed by atoms with Crippen molar-refractivity contribution >= 4 is 34.3 Å². The van der Waals surface area contributed by atoms with Crippen molar-refractivity contribution < 1.29 is 4.92 Å². The zero-order chi connectivity index (χ0) is 14.1. The number of nitrogens with zero attached hydrogens (tertiary/aromatic N) is 2. The lowest BCUT2D eigenvalue weighted by Crippen LogP contribution is -2.23. The molecule has 0 spiro atoms. The fourth-order valence-electron chi connectivity index (χ4n) is 2.75. The van der Waals surface area contributed by atoms with Crippen LogP contribution in [0.15, 0.2) is 35.0 Å². The van der Waals surface area contributed by atoms with Crippen LogP contribution >= 0.6 is 22.9 Å². The second kappa shape index (κ2) is 5.42. The molecule has 1 aromatic heterocycles. The molecule has 1 atom stereocenters. The van der Waals surface area contributed by atoms with Gasteiger partial charge < -0.3 is 4.90 Å². The van der Waals surface area contributed by atoms with Gasteiger partial charge in [0.25, 0.3) is 5.69 Å². The highest BCUT2D eigenvalue weighted by atomic mass is 35.5. The Balaban J connectivity index is 2.02. The van der Waals surface area contributed by atoms with E-state index in [-0.39, 0.29) is 16.7 Å². The van der Waals surface area contributed by atoms with E-state index in [1.54, 1.807) is 23.5 Å². The highest BCUT2D eigenvalue weighted by molar-refractivity contribution is 7.08. The quantitative estimate of drug-likeness (QED) is 0.612. The number of nitro benzene ring substituents is 1. The van der Waals surface area contributed by atoms with Crippen LogP contribution < -0.4 is 4.90 Å².